The third kappa shape index (κ3) is 3.54. The molecule has 0 fully saturated rings. The first-order valence-electron chi connectivity index (χ1n) is 4.90. The van der Waals surface area contributed by atoms with Crippen molar-refractivity contribution in [2.24, 2.45) is 0 Å². The lowest BCUT2D eigenvalue weighted by molar-refractivity contribution is 0.661. The van der Waals surface area contributed by atoms with Crippen LogP contribution in [-0.4, -0.2) is 35.3 Å². The molecule has 1 heterocycles. The van der Waals surface area contributed by atoms with Crippen molar-refractivity contribution in [2.75, 3.05) is 24.0 Å². The smallest absolute Gasteiger partial charge is 0.151 e. The zero-order valence-electron chi connectivity index (χ0n) is 9.27. The van der Waals surface area contributed by atoms with Gasteiger partial charge in [-0.15, -0.1) is 10.2 Å². The molecule has 0 saturated carbocycles. The van der Waals surface area contributed by atoms with Gasteiger partial charge in [0.1, 0.15) is 0 Å². The molecule has 0 radical (unpaired) electrons. The standard InChI is InChI=1S/C10H16ClN3S/c1-4-8(7-15-3)14(2)10-6-5-9(11)12-13-10/h5-6,8H,4,7H2,1-3H3. The van der Waals surface area contributed by atoms with Crippen LogP contribution in [0.3, 0.4) is 0 Å². The highest BCUT2D eigenvalue weighted by Crippen LogP contribution is 2.16. The summed E-state index contributed by atoms with van der Waals surface area (Å²) in [7, 11) is 2.04. The molecular formula is C10H16ClN3S. The molecular weight excluding hydrogens is 230 g/mol. The van der Waals surface area contributed by atoms with Gasteiger partial charge in [-0.25, -0.2) is 0 Å². The van der Waals surface area contributed by atoms with E-state index in [9.17, 15) is 0 Å². The van der Waals surface area contributed by atoms with E-state index < -0.39 is 0 Å². The largest absolute Gasteiger partial charge is 0.354 e. The molecule has 84 valence electrons. The average Bonchev–Trinajstić information content (AvgIpc) is 2.26. The number of aromatic nitrogens is 2. The fourth-order valence-electron chi connectivity index (χ4n) is 1.38. The number of anilines is 1. The van der Waals surface area contributed by atoms with Crippen LogP contribution in [0.2, 0.25) is 5.15 Å². The van der Waals surface area contributed by atoms with Crippen LogP contribution in [0.1, 0.15) is 13.3 Å². The molecule has 0 aliphatic rings. The molecule has 0 aliphatic carbocycles. The van der Waals surface area contributed by atoms with Crippen LogP contribution in [0.5, 0.6) is 0 Å². The fraction of sp³-hybridized carbons (Fsp3) is 0.600. The molecule has 0 bridgehead atoms. The SMILES string of the molecule is CCC(CSC)N(C)c1ccc(Cl)nn1. The van der Waals surface area contributed by atoms with E-state index in [0.29, 0.717) is 11.2 Å². The highest BCUT2D eigenvalue weighted by molar-refractivity contribution is 7.98. The van der Waals surface area contributed by atoms with Crippen molar-refractivity contribution in [2.45, 2.75) is 19.4 Å². The number of hydrogen-bond donors (Lipinski definition) is 0. The minimum atomic E-state index is 0.435. The summed E-state index contributed by atoms with van der Waals surface area (Å²) in [5.74, 6) is 1.97. The van der Waals surface area contributed by atoms with Crippen molar-refractivity contribution < 1.29 is 0 Å². The van der Waals surface area contributed by atoms with Crippen LogP contribution in [0.25, 0.3) is 0 Å². The van der Waals surface area contributed by atoms with Gasteiger partial charge in [-0.1, -0.05) is 18.5 Å². The highest BCUT2D eigenvalue weighted by atomic mass is 35.5. The molecule has 15 heavy (non-hydrogen) atoms. The molecule has 1 rings (SSSR count). The summed E-state index contributed by atoms with van der Waals surface area (Å²) in [6, 6.07) is 4.17. The van der Waals surface area contributed by atoms with E-state index in [1.807, 2.05) is 24.9 Å². The topological polar surface area (TPSA) is 29.0 Å². The lowest BCUT2D eigenvalue weighted by Gasteiger charge is -2.27. The molecule has 3 nitrogen and oxygen atoms in total. The van der Waals surface area contributed by atoms with Gasteiger partial charge in [-0.05, 0) is 24.8 Å². The molecule has 0 aromatic carbocycles. The molecule has 1 aromatic rings. The Hall–Kier alpha value is -0.480. The first-order valence-corrected chi connectivity index (χ1v) is 6.67. The van der Waals surface area contributed by atoms with Gasteiger partial charge < -0.3 is 4.90 Å². The van der Waals surface area contributed by atoms with E-state index in [-0.39, 0.29) is 0 Å². The summed E-state index contributed by atoms with van der Waals surface area (Å²) in [5.41, 5.74) is 0. The maximum absolute atomic E-state index is 5.69. The molecule has 5 heteroatoms. The van der Waals surface area contributed by atoms with E-state index in [1.165, 1.54) is 0 Å². The third-order valence-electron chi connectivity index (χ3n) is 2.36. The minimum absolute atomic E-state index is 0.435. The Morgan fingerprint density at radius 3 is 2.67 bits per heavy atom. The fourth-order valence-corrected chi connectivity index (χ4v) is 2.32. The van der Waals surface area contributed by atoms with Crippen LogP contribution >= 0.6 is 23.4 Å². The van der Waals surface area contributed by atoms with Crippen LogP contribution in [0, 0.1) is 0 Å². The number of thioether (sulfide) groups is 1. The Labute approximate surface area is 100 Å². The van der Waals surface area contributed by atoms with Crippen LogP contribution in [-0.2, 0) is 0 Å². The number of halogens is 1. The van der Waals surface area contributed by atoms with Crippen molar-refractivity contribution in [3.8, 4) is 0 Å². The maximum Gasteiger partial charge on any atom is 0.151 e. The van der Waals surface area contributed by atoms with Gasteiger partial charge in [0.05, 0.1) is 0 Å². The third-order valence-corrected chi connectivity index (χ3v) is 3.28. The molecule has 0 spiro atoms. The second-order valence-corrected chi connectivity index (χ2v) is 4.64. The van der Waals surface area contributed by atoms with Gasteiger partial charge in [-0.3, -0.25) is 0 Å². The second-order valence-electron chi connectivity index (χ2n) is 3.34. The highest BCUT2D eigenvalue weighted by Gasteiger charge is 2.13. The van der Waals surface area contributed by atoms with Gasteiger partial charge in [0.25, 0.3) is 0 Å². The van der Waals surface area contributed by atoms with Gasteiger partial charge in [-0.2, -0.15) is 11.8 Å². The van der Waals surface area contributed by atoms with Gasteiger partial charge in [0.2, 0.25) is 0 Å². The number of rotatable bonds is 5. The van der Waals surface area contributed by atoms with Crippen molar-refractivity contribution >= 4 is 29.2 Å². The Balaban J connectivity index is 2.73. The van der Waals surface area contributed by atoms with Crippen LogP contribution in [0.15, 0.2) is 12.1 Å². The first-order chi connectivity index (χ1) is 7.19. The predicted octanol–water partition coefficient (Wildman–Crippen LogP) is 2.71. The molecule has 1 aromatic heterocycles. The van der Waals surface area contributed by atoms with Crippen LogP contribution < -0.4 is 4.90 Å². The van der Waals surface area contributed by atoms with E-state index in [1.54, 1.807) is 6.07 Å². The van der Waals surface area contributed by atoms with E-state index in [0.717, 1.165) is 18.0 Å². The van der Waals surface area contributed by atoms with Gasteiger partial charge in [0.15, 0.2) is 11.0 Å². The predicted molar refractivity (Wildman–Crippen MR) is 67.9 cm³/mol. The molecule has 1 atom stereocenters. The molecule has 0 amide bonds. The monoisotopic (exact) mass is 245 g/mol. The number of hydrogen-bond acceptors (Lipinski definition) is 4. The van der Waals surface area contributed by atoms with Crippen molar-refractivity contribution in [3.05, 3.63) is 17.3 Å². The average molecular weight is 246 g/mol. The molecule has 0 saturated heterocycles. The summed E-state index contributed by atoms with van der Waals surface area (Å²) >= 11 is 7.54. The summed E-state index contributed by atoms with van der Waals surface area (Å²) in [4.78, 5) is 2.15. The van der Waals surface area contributed by atoms with E-state index in [4.69, 9.17) is 11.6 Å². The lowest BCUT2D eigenvalue weighted by Crippen LogP contribution is -2.33. The molecule has 1 unspecified atom stereocenters. The normalized spacial score (nSPS) is 12.5. The summed E-state index contributed by atoms with van der Waals surface area (Å²) in [6.07, 6.45) is 3.21. The second kappa shape index (κ2) is 6.18. The Kier molecular flexibility index (Phi) is 5.19. The van der Waals surface area contributed by atoms with Crippen LogP contribution in [0.4, 0.5) is 5.82 Å². The van der Waals surface area contributed by atoms with Gasteiger partial charge in [0, 0.05) is 18.8 Å². The summed E-state index contributed by atoms with van der Waals surface area (Å²) < 4.78 is 0. The molecule has 0 aliphatic heterocycles. The molecule has 0 N–H and O–H groups in total. The Bertz CT molecular complexity index is 291. The maximum atomic E-state index is 5.69. The van der Waals surface area contributed by atoms with E-state index >= 15 is 0 Å². The zero-order chi connectivity index (χ0) is 11.3. The van der Waals surface area contributed by atoms with E-state index in [2.05, 4.69) is 28.3 Å². The quantitative estimate of drug-likeness (QED) is 0.798. The first kappa shape index (κ1) is 12.6. The Morgan fingerprint density at radius 2 is 2.20 bits per heavy atom. The number of nitrogens with zero attached hydrogens (tertiary/aromatic N) is 3. The summed E-state index contributed by atoms with van der Waals surface area (Å²) in [6.45, 7) is 2.18. The summed E-state index contributed by atoms with van der Waals surface area (Å²) in [5, 5.41) is 8.34. The van der Waals surface area contributed by atoms with Crippen molar-refractivity contribution in [1.29, 1.82) is 0 Å². The van der Waals surface area contributed by atoms with Gasteiger partial charge >= 0.3 is 0 Å². The Morgan fingerprint density at radius 1 is 1.47 bits per heavy atom. The zero-order valence-corrected chi connectivity index (χ0v) is 10.8. The minimum Gasteiger partial charge on any atom is -0.354 e. The van der Waals surface area contributed by atoms with Crippen molar-refractivity contribution in [1.82, 2.24) is 10.2 Å². The van der Waals surface area contributed by atoms with Crippen molar-refractivity contribution in [3.63, 3.8) is 0 Å². The lowest BCUT2D eigenvalue weighted by atomic mass is 10.2.